The van der Waals surface area contributed by atoms with Crippen LogP contribution < -0.4 is 6.15 Å². The van der Waals surface area contributed by atoms with Gasteiger partial charge in [-0.3, -0.25) is 10.1 Å². The quantitative estimate of drug-likeness (QED) is 0.649. The van der Waals surface area contributed by atoms with E-state index in [-0.39, 0.29) is 16.8 Å². The molecule has 104 valence electrons. The Morgan fingerprint density at radius 3 is 2.53 bits per heavy atom. The van der Waals surface area contributed by atoms with Crippen molar-refractivity contribution < 1.29 is 4.92 Å². The van der Waals surface area contributed by atoms with Crippen LogP contribution in [-0.4, -0.2) is 9.49 Å². The van der Waals surface area contributed by atoms with Crippen molar-refractivity contribution in [1.29, 1.82) is 0 Å². The molecule has 2 rings (SSSR count). The van der Waals surface area contributed by atoms with Crippen molar-refractivity contribution in [3.8, 4) is 0 Å². The van der Waals surface area contributed by atoms with Gasteiger partial charge in [-0.05, 0) is 18.1 Å². The number of hydrogen-bond acceptors (Lipinski definition) is 3. The van der Waals surface area contributed by atoms with E-state index in [1.54, 1.807) is 12.1 Å². The molecule has 0 saturated carbocycles. The van der Waals surface area contributed by atoms with Crippen LogP contribution in [0.1, 0.15) is 26.7 Å². The first-order valence-electron chi connectivity index (χ1n) is 6.39. The van der Waals surface area contributed by atoms with Gasteiger partial charge in [0.2, 0.25) is 0 Å². The van der Waals surface area contributed by atoms with Crippen LogP contribution in [0.25, 0.3) is 10.9 Å². The van der Waals surface area contributed by atoms with Crippen LogP contribution in [0.4, 0.5) is 5.69 Å². The third-order valence-electron chi connectivity index (χ3n) is 3.57. The summed E-state index contributed by atoms with van der Waals surface area (Å²) >= 11 is 0. The number of nitrogens with zero attached hydrogens (tertiary/aromatic N) is 2. The number of aromatic nitrogens is 1. The van der Waals surface area contributed by atoms with Gasteiger partial charge >= 0.3 is 0 Å². The first-order chi connectivity index (χ1) is 8.65. The standard InChI is InChI=1S/C14H18N2O2.H3N/c1-3-11(4-2)10-15-8-7-12-9-13(16(17)18)5-6-14(12)15;/h5-9,11H,3-4,10H2,1-2H3;1H3. The lowest BCUT2D eigenvalue weighted by Crippen LogP contribution is -2.07. The van der Waals surface area contributed by atoms with Crippen LogP contribution >= 0.6 is 0 Å². The Balaban J connectivity index is 0.00000180. The second kappa shape index (κ2) is 6.33. The van der Waals surface area contributed by atoms with Gasteiger partial charge in [0.15, 0.2) is 0 Å². The van der Waals surface area contributed by atoms with Gasteiger partial charge in [-0.2, -0.15) is 0 Å². The number of nitro groups is 1. The highest BCUT2D eigenvalue weighted by Gasteiger charge is 2.10. The minimum Gasteiger partial charge on any atom is -0.347 e. The van der Waals surface area contributed by atoms with E-state index in [9.17, 15) is 10.1 Å². The molecule has 0 unspecified atom stereocenters. The van der Waals surface area contributed by atoms with E-state index >= 15 is 0 Å². The number of rotatable bonds is 5. The molecular weight excluding hydrogens is 242 g/mol. The van der Waals surface area contributed by atoms with Gasteiger partial charge in [-0.15, -0.1) is 0 Å². The van der Waals surface area contributed by atoms with Crippen LogP contribution in [0.15, 0.2) is 30.5 Å². The van der Waals surface area contributed by atoms with Gasteiger partial charge in [-0.25, -0.2) is 0 Å². The number of benzene rings is 1. The number of nitro benzene ring substituents is 1. The third-order valence-corrected chi connectivity index (χ3v) is 3.57. The van der Waals surface area contributed by atoms with Crippen molar-refractivity contribution in [2.24, 2.45) is 5.92 Å². The molecule has 0 spiro atoms. The van der Waals surface area contributed by atoms with Gasteiger partial charge in [0.25, 0.3) is 5.69 Å². The van der Waals surface area contributed by atoms with E-state index in [0.717, 1.165) is 30.3 Å². The molecule has 19 heavy (non-hydrogen) atoms. The highest BCUT2D eigenvalue weighted by molar-refractivity contribution is 5.82. The maximum atomic E-state index is 10.7. The van der Waals surface area contributed by atoms with Crippen molar-refractivity contribution in [1.82, 2.24) is 10.7 Å². The molecule has 0 amide bonds. The van der Waals surface area contributed by atoms with Gasteiger partial charge in [-0.1, -0.05) is 26.7 Å². The Morgan fingerprint density at radius 1 is 1.26 bits per heavy atom. The zero-order valence-corrected chi connectivity index (χ0v) is 11.5. The fourth-order valence-corrected chi connectivity index (χ4v) is 2.29. The van der Waals surface area contributed by atoms with Crippen LogP contribution in [0.5, 0.6) is 0 Å². The molecule has 0 fully saturated rings. The second-order valence-corrected chi connectivity index (χ2v) is 4.65. The summed E-state index contributed by atoms with van der Waals surface area (Å²) in [6.45, 7) is 5.38. The topological polar surface area (TPSA) is 83.1 Å². The molecule has 1 aromatic carbocycles. The Labute approximate surface area is 113 Å². The maximum absolute atomic E-state index is 10.7. The van der Waals surface area contributed by atoms with Gasteiger partial charge in [0, 0.05) is 35.8 Å². The smallest absolute Gasteiger partial charge is 0.270 e. The van der Waals surface area contributed by atoms with E-state index in [1.165, 1.54) is 0 Å². The van der Waals surface area contributed by atoms with Crippen LogP contribution in [0.2, 0.25) is 0 Å². The summed E-state index contributed by atoms with van der Waals surface area (Å²) in [5.74, 6) is 0.663. The summed E-state index contributed by atoms with van der Waals surface area (Å²) < 4.78 is 2.19. The Morgan fingerprint density at radius 2 is 1.95 bits per heavy atom. The summed E-state index contributed by atoms with van der Waals surface area (Å²) in [7, 11) is 0. The molecule has 1 aromatic heterocycles. The fourth-order valence-electron chi connectivity index (χ4n) is 2.29. The summed E-state index contributed by atoms with van der Waals surface area (Å²) in [5.41, 5.74) is 1.23. The molecule has 3 N–H and O–H groups in total. The average molecular weight is 263 g/mol. The van der Waals surface area contributed by atoms with Gasteiger partial charge < -0.3 is 10.7 Å². The number of non-ortho nitro benzene ring substituents is 1. The lowest BCUT2D eigenvalue weighted by Gasteiger charge is -2.14. The highest BCUT2D eigenvalue weighted by atomic mass is 16.6. The summed E-state index contributed by atoms with van der Waals surface area (Å²) in [4.78, 5) is 10.4. The molecule has 0 atom stereocenters. The van der Waals surface area contributed by atoms with E-state index in [2.05, 4.69) is 18.4 Å². The van der Waals surface area contributed by atoms with Gasteiger partial charge in [0.05, 0.1) is 4.92 Å². The number of fused-ring (bicyclic) bond motifs is 1. The first kappa shape index (κ1) is 15.2. The van der Waals surface area contributed by atoms with Crippen LogP contribution in [0, 0.1) is 16.0 Å². The monoisotopic (exact) mass is 263 g/mol. The van der Waals surface area contributed by atoms with Crippen molar-refractivity contribution in [2.75, 3.05) is 0 Å². The molecule has 5 heteroatoms. The van der Waals surface area contributed by atoms with Crippen LogP contribution in [0.3, 0.4) is 0 Å². The molecule has 0 aliphatic heterocycles. The third kappa shape index (κ3) is 3.12. The summed E-state index contributed by atoms with van der Waals surface area (Å²) in [6.07, 6.45) is 4.33. The lowest BCUT2D eigenvalue weighted by molar-refractivity contribution is -0.384. The zero-order chi connectivity index (χ0) is 13.1. The van der Waals surface area contributed by atoms with Crippen molar-refractivity contribution in [3.05, 3.63) is 40.6 Å². The van der Waals surface area contributed by atoms with E-state index < -0.39 is 0 Å². The predicted octanol–water partition coefficient (Wildman–Crippen LogP) is 4.15. The summed E-state index contributed by atoms with van der Waals surface area (Å²) in [6, 6.07) is 7.00. The minimum absolute atomic E-state index is 0. The Hall–Kier alpha value is -1.88. The van der Waals surface area contributed by atoms with E-state index in [0.29, 0.717) is 5.92 Å². The van der Waals surface area contributed by atoms with Crippen molar-refractivity contribution in [3.63, 3.8) is 0 Å². The molecule has 5 nitrogen and oxygen atoms in total. The SMILES string of the molecule is CCC(CC)Cn1ccc2cc([N+](=O)[O-])ccc21.N. The average Bonchev–Trinajstić information content (AvgIpc) is 2.78. The second-order valence-electron chi connectivity index (χ2n) is 4.65. The normalized spacial score (nSPS) is 10.7. The molecular formula is C14H21N3O2. The molecule has 0 aliphatic carbocycles. The fraction of sp³-hybridized carbons (Fsp3) is 0.429. The lowest BCUT2D eigenvalue weighted by atomic mass is 10.0. The predicted molar refractivity (Wildman–Crippen MR) is 77.7 cm³/mol. The van der Waals surface area contributed by atoms with E-state index in [1.807, 2.05) is 18.3 Å². The Kier molecular flexibility index (Phi) is 5.06. The van der Waals surface area contributed by atoms with Crippen molar-refractivity contribution >= 4 is 16.6 Å². The molecule has 1 heterocycles. The summed E-state index contributed by atoms with van der Waals surface area (Å²) in [5, 5.41) is 11.7. The molecule has 0 bridgehead atoms. The zero-order valence-electron chi connectivity index (χ0n) is 11.5. The van der Waals surface area contributed by atoms with Crippen molar-refractivity contribution in [2.45, 2.75) is 33.2 Å². The molecule has 2 aromatic rings. The highest BCUT2D eigenvalue weighted by Crippen LogP contribution is 2.23. The molecule has 0 aliphatic rings. The molecule has 0 radical (unpaired) electrons. The van der Waals surface area contributed by atoms with Crippen LogP contribution in [-0.2, 0) is 6.54 Å². The first-order valence-corrected chi connectivity index (χ1v) is 6.39. The maximum Gasteiger partial charge on any atom is 0.270 e. The van der Waals surface area contributed by atoms with E-state index in [4.69, 9.17) is 0 Å². The minimum atomic E-state index is -0.350. The van der Waals surface area contributed by atoms with Gasteiger partial charge in [0.1, 0.15) is 0 Å². The number of hydrogen-bond donors (Lipinski definition) is 1. The largest absolute Gasteiger partial charge is 0.347 e. The molecule has 0 saturated heterocycles. The Bertz CT molecular complexity index is 559.